The molecule has 1 saturated carbocycles. The van der Waals surface area contributed by atoms with Gasteiger partial charge in [-0.3, -0.25) is 8.37 Å². The molecule has 0 bridgehead atoms. The van der Waals surface area contributed by atoms with Crippen molar-refractivity contribution in [3.05, 3.63) is 59.7 Å². The van der Waals surface area contributed by atoms with Gasteiger partial charge in [0.15, 0.2) is 0 Å². The lowest BCUT2D eigenvalue weighted by molar-refractivity contribution is -0.000822. The van der Waals surface area contributed by atoms with E-state index in [-0.39, 0.29) is 29.1 Å². The lowest BCUT2D eigenvalue weighted by Crippen LogP contribution is -2.38. The molecule has 158 valence electrons. The largest absolute Gasteiger partial charge is 0.393 e. The van der Waals surface area contributed by atoms with Gasteiger partial charge in [0.2, 0.25) is 0 Å². The first-order valence-corrected chi connectivity index (χ1v) is 12.0. The lowest BCUT2D eigenvalue weighted by atomic mass is 9.93. The summed E-state index contributed by atoms with van der Waals surface area (Å²) in [6.07, 6.45) is -2.51. The van der Waals surface area contributed by atoms with Crippen molar-refractivity contribution in [1.29, 1.82) is 0 Å². The van der Waals surface area contributed by atoms with Gasteiger partial charge in [-0.15, -0.1) is 0 Å². The summed E-state index contributed by atoms with van der Waals surface area (Å²) in [4.78, 5) is 0.0146. The summed E-state index contributed by atoms with van der Waals surface area (Å²) in [6, 6.07) is 12.4. The first kappa shape index (κ1) is 21.9. The number of rotatable bonds is 6. The Morgan fingerprint density at radius 3 is 1.38 bits per heavy atom. The second-order valence-electron chi connectivity index (χ2n) is 7.33. The highest BCUT2D eigenvalue weighted by Crippen LogP contribution is 2.29. The van der Waals surface area contributed by atoms with Gasteiger partial charge in [0.25, 0.3) is 20.2 Å². The standard InChI is InChI=1S/C20H24O7S2/c1-14-3-7-19(8-4-14)28(22,23)26-17-11-16(21)12-18(13-17)27-29(24,25)20-9-5-15(2)6-10-20/h3-10,16-18,21H,11-13H2,1-2H3. The van der Waals surface area contributed by atoms with Gasteiger partial charge in [-0.05, 0) is 38.1 Å². The molecule has 7 nitrogen and oxygen atoms in total. The maximum absolute atomic E-state index is 12.5. The molecule has 2 atom stereocenters. The van der Waals surface area contributed by atoms with Crippen LogP contribution in [-0.2, 0) is 28.6 Å². The number of aliphatic hydroxyl groups is 1. The minimum atomic E-state index is -4.04. The summed E-state index contributed by atoms with van der Waals surface area (Å²) in [6.45, 7) is 3.68. The molecule has 0 aromatic heterocycles. The van der Waals surface area contributed by atoms with Gasteiger partial charge in [-0.2, -0.15) is 16.8 Å². The summed E-state index contributed by atoms with van der Waals surface area (Å²) < 4.78 is 60.6. The number of benzene rings is 2. The van der Waals surface area contributed by atoms with Crippen molar-refractivity contribution < 1.29 is 30.3 Å². The average Bonchev–Trinajstić information content (AvgIpc) is 2.61. The molecule has 2 aromatic rings. The Morgan fingerprint density at radius 1 is 0.690 bits per heavy atom. The third-order valence-electron chi connectivity index (χ3n) is 4.74. The average molecular weight is 441 g/mol. The monoisotopic (exact) mass is 440 g/mol. The third-order valence-corrected chi connectivity index (χ3v) is 7.49. The molecule has 2 aromatic carbocycles. The molecular formula is C20H24O7S2. The van der Waals surface area contributed by atoms with E-state index in [1.807, 2.05) is 13.8 Å². The van der Waals surface area contributed by atoms with Crippen LogP contribution in [0.2, 0.25) is 0 Å². The fourth-order valence-corrected chi connectivity index (χ4v) is 5.42. The summed E-state index contributed by atoms with van der Waals surface area (Å²) in [7, 11) is -8.08. The molecule has 1 aliphatic carbocycles. The van der Waals surface area contributed by atoms with Crippen LogP contribution in [0.4, 0.5) is 0 Å². The van der Waals surface area contributed by atoms with E-state index in [4.69, 9.17) is 8.37 Å². The topological polar surface area (TPSA) is 107 Å². The molecule has 0 saturated heterocycles. The van der Waals surface area contributed by atoms with Crippen LogP contribution in [0, 0.1) is 13.8 Å². The Labute approximate surface area is 171 Å². The van der Waals surface area contributed by atoms with Gasteiger partial charge in [0.05, 0.1) is 28.1 Å². The van der Waals surface area contributed by atoms with Crippen molar-refractivity contribution >= 4 is 20.2 Å². The van der Waals surface area contributed by atoms with Crippen LogP contribution in [0.5, 0.6) is 0 Å². The van der Waals surface area contributed by atoms with Crippen LogP contribution < -0.4 is 0 Å². The van der Waals surface area contributed by atoms with Crippen molar-refractivity contribution in [3.63, 3.8) is 0 Å². The van der Waals surface area contributed by atoms with Gasteiger partial charge in [0, 0.05) is 19.3 Å². The minimum Gasteiger partial charge on any atom is -0.393 e. The van der Waals surface area contributed by atoms with Crippen molar-refractivity contribution in [3.8, 4) is 0 Å². The van der Waals surface area contributed by atoms with Crippen LogP contribution in [-0.4, -0.2) is 40.3 Å². The van der Waals surface area contributed by atoms with E-state index in [2.05, 4.69) is 0 Å². The third kappa shape index (κ3) is 5.64. The van der Waals surface area contributed by atoms with Gasteiger partial charge >= 0.3 is 0 Å². The van der Waals surface area contributed by atoms with Crippen LogP contribution in [0.25, 0.3) is 0 Å². The number of hydrogen-bond acceptors (Lipinski definition) is 7. The van der Waals surface area contributed by atoms with Crippen molar-refractivity contribution in [1.82, 2.24) is 0 Å². The van der Waals surface area contributed by atoms with Crippen LogP contribution in [0.15, 0.2) is 58.3 Å². The Morgan fingerprint density at radius 2 is 1.03 bits per heavy atom. The minimum absolute atomic E-state index is 0.00732. The molecule has 9 heteroatoms. The van der Waals surface area contributed by atoms with E-state index in [1.54, 1.807) is 24.3 Å². The van der Waals surface area contributed by atoms with Gasteiger partial charge in [-0.25, -0.2) is 0 Å². The molecule has 0 radical (unpaired) electrons. The smallest absolute Gasteiger partial charge is 0.297 e. The molecule has 3 rings (SSSR count). The van der Waals surface area contributed by atoms with E-state index in [1.165, 1.54) is 24.3 Å². The molecule has 0 heterocycles. The first-order chi connectivity index (χ1) is 13.5. The Hall–Kier alpha value is -1.78. The summed E-state index contributed by atoms with van der Waals surface area (Å²) >= 11 is 0. The summed E-state index contributed by atoms with van der Waals surface area (Å²) in [5.74, 6) is 0. The van der Waals surface area contributed by atoms with E-state index < -0.39 is 38.5 Å². The Kier molecular flexibility index (Phi) is 6.45. The highest BCUT2D eigenvalue weighted by atomic mass is 32.2. The maximum atomic E-state index is 12.5. The van der Waals surface area contributed by atoms with Crippen LogP contribution in [0.3, 0.4) is 0 Å². The summed E-state index contributed by atoms with van der Waals surface area (Å²) in [5.41, 5.74) is 1.82. The number of aryl methyl sites for hydroxylation is 2. The van der Waals surface area contributed by atoms with Crippen LogP contribution in [0.1, 0.15) is 30.4 Å². The normalized spacial score (nSPS) is 23.1. The fourth-order valence-electron chi connectivity index (χ4n) is 3.23. The Balaban J connectivity index is 1.71. The quantitative estimate of drug-likeness (QED) is 0.688. The van der Waals surface area contributed by atoms with Gasteiger partial charge < -0.3 is 5.11 Å². The Bertz CT molecular complexity index is 958. The molecule has 1 N–H and O–H groups in total. The van der Waals surface area contributed by atoms with E-state index in [0.717, 1.165) is 11.1 Å². The van der Waals surface area contributed by atoms with Crippen LogP contribution >= 0.6 is 0 Å². The fraction of sp³-hybridized carbons (Fsp3) is 0.400. The number of aliphatic hydroxyl groups excluding tert-OH is 1. The predicted octanol–water partition coefficient (Wildman–Crippen LogP) is 2.70. The predicted molar refractivity (Wildman–Crippen MR) is 106 cm³/mol. The van der Waals surface area contributed by atoms with Crippen molar-refractivity contribution in [2.75, 3.05) is 0 Å². The van der Waals surface area contributed by atoms with E-state index >= 15 is 0 Å². The highest BCUT2D eigenvalue weighted by Gasteiger charge is 2.35. The summed E-state index contributed by atoms with van der Waals surface area (Å²) in [5, 5.41) is 10.1. The molecular weight excluding hydrogens is 416 g/mol. The molecule has 0 aliphatic heterocycles. The van der Waals surface area contributed by atoms with Crippen molar-refractivity contribution in [2.24, 2.45) is 0 Å². The van der Waals surface area contributed by atoms with Crippen molar-refractivity contribution in [2.45, 2.75) is 61.2 Å². The molecule has 1 aliphatic rings. The second kappa shape index (κ2) is 8.53. The van der Waals surface area contributed by atoms with E-state index in [9.17, 15) is 21.9 Å². The molecule has 2 unspecified atom stereocenters. The second-order valence-corrected chi connectivity index (χ2v) is 10.5. The SMILES string of the molecule is Cc1ccc(S(=O)(=O)OC2CC(O)CC(OS(=O)(=O)c3ccc(C)cc3)C2)cc1. The zero-order chi connectivity index (χ0) is 21.2. The van der Waals surface area contributed by atoms with Gasteiger partial charge in [-0.1, -0.05) is 35.4 Å². The molecule has 29 heavy (non-hydrogen) atoms. The lowest BCUT2D eigenvalue weighted by Gasteiger charge is -2.31. The highest BCUT2D eigenvalue weighted by molar-refractivity contribution is 7.87. The molecule has 0 spiro atoms. The zero-order valence-electron chi connectivity index (χ0n) is 16.2. The number of hydrogen-bond donors (Lipinski definition) is 1. The molecule has 0 amide bonds. The molecule has 1 fully saturated rings. The van der Waals surface area contributed by atoms with E-state index in [0.29, 0.717) is 0 Å². The first-order valence-electron chi connectivity index (χ1n) is 9.23. The maximum Gasteiger partial charge on any atom is 0.297 e. The van der Waals surface area contributed by atoms with Gasteiger partial charge in [0.1, 0.15) is 0 Å². The zero-order valence-corrected chi connectivity index (χ0v) is 17.8.